The number of hydrogen-bond donors (Lipinski definition) is 0. The van der Waals surface area contributed by atoms with Crippen LogP contribution in [0.2, 0.25) is 0 Å². The van der Waals surface area contributed by atoms with Gasteiger partial charge in [-0.25, -0.2) is 4.98 Å². The van der Waals surface area contributed by atoms with E-state index in [9.17, 15) is 9.59 Å². The number of hydrogen-bond acceptors (Lipinski definition) is 7. The van der Waals surface area contributed by atoms with Gasteiger partial charge in [-0.1, -0.05) is 48.6 Å². The van der Waals surface area contributed by atoms with Gasteiger partial charge in [-0.2, -0.15) is 0 Å². The molecule has 8 heteroatoms. The largest absolute Gasteiger partial charge is 0.481 e. The maximum Gasteiger partial charge on any atom is 0.261 e. The van der Waals surface area contributed by atoms with Gasteiger partial charge >= 0.3 is 0 Å². The van der Waals surface area contributed by atoms with E-state index in [-0.39, 0.29) is 36.5 Å². The normalized spacial score (nSPS) is 25.4. The third kappa shape index (κ3) is 4.87. The zero-order valence-corrected chi connectivity index (χ0v) is 22.1. The Morgan fingerprint density at radius 1 is 0.949 bits per heavy atom. The molecular formula is C31H30N2O6. The lowest BCUT2D eigenvalue weighted by molar-refractivity contribution is -0.205. The molecule has 0 N–H and O–H groups in total. The van der Waals surface area contributed by atoms with Crippen molar-refractivity contribution >= 4 is 17.9 Å². The highest BCUT2D eigenvalue weighted by Crippen LogP contribution is 2.43. The Hall–Kier alpha value is -3.85. The smallest absolute Gasteiger partial charge is 0.261 e. The first-order chi connectivity index (χ1) is 18.8. The van der Waals surface area contributed by atoms with Crippen LogP contribution >= 0.6 is 0 Å². The van der Waals surface area contributed by atoms with Gasteiger partial charge in [-0.05, 0) is 49.6 Å². The number of ether oxygens (including phenoxy) is 4. The Morgan fingerprint density at radius 3 is 2.28 bits per heavy atom. The van der Waals surface area contributed by atoms with Crippen molar-refractivity contribution in [3.8, 4) is 17.0 Å². The topological polar surface area (TPSA) is 87.2 Å². The van der Waals surface area contributed by atoms with E-state index >= 15 is 0 Å². The van der Waals surface area contributed by atoms with Crippen LogP contribution in [-0.2, 0) is 14.2 Å². The highest BCUT2D eigenvalue weighted by Gasteiger charge is 2.54. The number of carbonyl (C=O) groups is 2. The SMILES string of the molecule is COc1ccc(-c2ccc(C=C[C@H]3O[C@H]4OC(C)(C)O[C@H]4[C@H]3CCN3C(=O)c4ccccc4C3=O)cc2)cn1. The van der Waals surface area contributed by atoms with Gasteiger partial charge in [0.1, 0.15) is 6.10 Å². The first-order valence-corrected chi connectivity index (χ1v) is 13.1. The number of pyridine rings is 1. The van der Waals surface area contributed by atoms with Gasteiger partial charge in [-0.3, -0.25) is 14.5 Å². The first kappa shape index (κ1) is 25.4. The maximum absolute atomic E-state index is 12.9. The maximum atomic E-state index is 12.9. The fraction of sp³-hybridized carbons (Fsp3) is 0.323. The molecule has 2 fully saturated rings. The van der Waals surface area contributed by atoms with Crippen molar-refractivity contribution < 1.29 is 28.5 Å². The molecule has 8 nitrogen and oxygen atoms in total. The second-order valence-electron chi connectivity index (χ2n) is 10.4. The van der Waals surface area contributed by atoms with Crippen molar-refractivity contribution in [3.05, 3.63) is 89.6 Å². The molecule has 3 aliphatic heterocycles. The number of rotatable bonds is 7. The van der Waals surface area contributed by atoms with Crippen molar-refractivity contribution in [1.82, 2.24) is 9.88 Å². The van der Waals surface area contributed by atoms with E-state index in [2.05, 4.69) is 4.98 Å². The summed E-state index contributed by atoms with van der Waals surface area (Å²) >= 11 is 0. The monoisotopic (exact) mass is 526 g/mol. The summed E-state index contributed by atoms with van der Waals surface area (Å²) < 4.78 is 23.6. The molecule has 200 valence electrons. The third-order valence-electron chi connectivity index (χ3n) is 7.46. The van der Waals surface area contributed by atoms with E-state index in [4.69, 9.17) is 18.9 Å². The van der Waals surface area contributed by atoms with Crippen molar-refractivity contribution in [2.45, 2.75) is 44.6 Å². The van der Waals surface area contributed by atoms with Crippen LogP contribution in [0.25, 0.3) is 17.2 Å². The number of fused-ring (bicyclic) bond motifs is 2. The predicted molar refractivity (Wildman–Crippen MR) is 144 cm³/mol. The first-order valence-electron chi connectivity index (χ1n) is 13.1. The van der Waals surface area contributed by atoms with Crippen molar-refractivity contribution in [3.63, 3.8) is 0 Å². The number of nitrogens with zero attached hydrogens (tertiary/aromatic N) is 2. The molecule has 1 aromatic heterocycles. The minimum absolute atomic E-state index is 0.0954. The molecule has 4 atom stereocenters. The van der Waals surface area contributed by atoms with Crippen LogP contribution in [-0.4, -0.2) is 59.6 Å². The summed E-state index contributed by atoms with van der Waals surface area (Å²) in [5.41, 5.74) is 3.98. The van der Waals surface area contributed by atoms with Gasteiger partial charge in [0.25, 0.3) is 11.8 Å². The Kier molecular flexibility index (Phi) is 6.54. The summed E-state index contributed by atoms with van der Waals surface area (Å²) in [5, 5.41) is 0. The number of methoxy groups -OCH3 is 1. The molecule has 0 unspecified atom stereocenters. The average molecular weight is 527 g/mol. The molecule has 6 rings (SSSR count). The molecule has 2 amide bonds. The van der Waals surface area contributed by atoms with Crippen LogP contribution in [0.15, 0.2) is 72.9 Å². The Labute approximate surface area is 227 Å². The quantitative estimate of drug-likeness (QED) is 0.403. The van der Waals surface area contributed by atoms with E-state index in [0.29, 0.717) is 23.4 Å². The van der Waals surface area contributed by atoms with Crippen LogP contribution in [0.3, 0.4) is 0 Å². The van der Waals surface area contributed by atoms with Crippen LogP contribution in [0, 0.1) is 5.92 Å². The van der Waals surface area contributed by atoms with Gasteiger partial charge in [-0.15, -0.1) is 0 Å². The molecule has 0 saturated carbocycles. The minimum atomic E-state index is -0.760. The fourth-order valence-electron chi connectivity index (χ4n) is 5.50. The second-order valence-corrected chi connectivity index (χ2v) is 10.4. The van der Waals surface area contributed by atoms with E-state index in [0.717, 1.165) is 16.7 Å². The molecule has 3 aliphatic rings. The molecule has 0 spiro atoms. The molecular weight excluding hydrogens is 496 g/mol. The number of aromatic nitrogens is 1. The molecule has 3 aromatic rings. The Bertz CT molecular complexity index is 1380. The third-order valence-corrected chi connectivity index (χ3v) is 7.46. The second kappa shape index (κ2) is 10.0. The van der Waals surface area contributed by atoms with Crippen molar-refractivity contribution in [2.24, 2.45) is 5.92 Å². The zero-order valence-electron chi connectivity index (χ0n) is 22.1. The number of benzene rings is 2. The summed E-state index contributed by atoms with van der Waals surface area (Å²) in [7, 11) is 1.60. The lowest BCUT2D eigenvalue weighted by Crippen LogP contribution is -2.36. The number of carbonyl (C=O) groups excluding carboxylic acids is 2. The summed E-state index contributed by atoms with van der Waals surface area (Å²) in [5.74, 6) is -0.789. The fourth-order valence-corrected chi connectivity index (χ4v) is 5.50. The Balaban J connectivity index is 1.17. The van der Waals surface area contributed by atoms with Crippen molar-refractivity contribution in [1.29, 1.82) is 0 Å². The molecule has 39 heavy (non-hydrogen) atoms. The molecule has 2 aromatic carbocycles. The van der Waals surface area contributed by atoms with Crippen LogP contribution < -0.4 is 4.74 Å². The van der Waals surface area contributed by atoms with Gasteiger partial charge in [0.15, 0.2) is 12.1 Å². The summed E-state index contributed by atoms with van der Waals surface area (Å²) in [6.07, 6.45) is 5.25. The van der Waals surface area contributed by atoms with E-state index in [1.165, 1.54) is 4.90 Å². The number of amides is 2. The zero-order chi connectivity index (χ0) is 27.1. The highest BCUT2D eigenvalue weighted by molar-refractivity contribution is 6.21. The summed E-state index contributed by atoms with van der Waals surface area (Å²) in [6, 6.07) is 18.9. The van der Waals surface area contributed by atoms with Crippen LogP contribution in [0.1, 0.15) is 46.5 Å². The highest BCUT2D eigenvalue weighted by atomic mass is 16.8. The van der Waals surface area contributed by atoms with Gasteiger partial charge < -0.3 is 18.9 Å². The molecule has 0 radical (unpaired) electrons. The van der Waals surface area contributed by atoms with Gasteiger partial charge in [0, 0.05) is 30.3 Å². The Morgan fingerprint density at radius 2 is 1.64 bits per heavy atom. The lowest BCUT2D eigenvalue weighted by Gasteiger charge is -2.25. The van der Waals surface area contributed by atoms with E-state index in [1.54, 1.807) is 37.6 Å². The van der Waals surface area contributed by atoms with Gasteiger partial charge in [0.2, 0.25) is 5.88 Å². The standard InChI is InChI=1S/C31H30N2O6/c1-31(2)38-27-24(16-17-33-28(34)22-6-4-5-7-23(22)29(33)35)25(37-30(27)39-31)14-10-19-8-11-20(12-9-19)21-13-15-26(36-3)32-18-21/h4-15,18,24-25,27,30H,16-17H2,1-3H3/t24-,25+,27-,30-/m0/s1. The van der Waals surface area contributed by atoms with E-state index < -0.39 is 12.1 Å². The summed E-state index contributed by atoms with van der Waals surface area (Å²) in [4.78, 5) is 31.4. The van der Waals surface area contributed by atoms with Crippen LogP contribution in [0.4, 0.5) is 0 Å². The minimum Gasteiger partial charge on any atom is -0.481 e. The molecule has 4 heterocycles. The average Bonchev–Trinajstić information content (AvgIpc) is 3.51. The van der Waals surface area contributed by atoms with Crippen molar-refractivity contribution in [2.75, 3.05) is 13.7 Å². The summed E-state index contributed by atoms with van der Waals surface area (Å²) in [6.45, 7) is 4.00. The van der Waals surface area contributed by atoms with Crippen LogP contribution in [0.5, 0.6) is 5.88 Å². The molecule has 2 saturated heterocycles. The lowest BCUT2D eigenvalue weighted by atomic mass is 9.93. The number of imide groups is 1. The van der Waals surface area contributed by atoms with Gasteiger partial charge in [0.05, 0.1) is 24.3 Å². The predicted octanol–water partition coefficient (Wildman–Crippen LogP) is 4.95. The molecule has 0 bridgehead atoms. The molecule has 0 aliphatic carbocycles. The van der Waals surface area contributed by atoms with E-state index in [1.807, 2.05) is 62.4 Å².